The van der Waals surface area contributed by atoms with Crippen molar-refractivity contribution in [3.8, 4) is 0 Å². The van der Waals surface area contributed by atoms with Crippen molar-refractivity contribution in [1.82, 2.24) is 5.32 Å². The average Bonchev–Trinajstić information content (AvgIpc) is 2.36. The number of carboxylic acid groups (broad SMARTS) is 1. The van der Waals surface area contributed by atoms with E-state index >= 15 is 0 Å². The molecule has 9 heteroatoms. The smallest absolute Gasteiger partial charge is 0.406 e. The molecule has 1 aromatic carbocycles. The summed E-state index contributed by atoms with van der Waals surface area (Å²) in [6.07, 6.45) is -6.09. The lowest BCUT2D eigenvalue weighted by Gasteiger charge is -2.34. The minimum Gasteiger partial charge on any atom is -0.478 e. The monoisotopic (exact) mass is 327 g/mol. The van der Waals surface area contributed by atoms with Crippen molar-refractivity contribution in [3.05, 3.63) is 34.1 Å². The largest absolute Gasteiger partial charge is 0.478 e. The van der Waals surface area contributed by atoms with Crippen LogP contribution in [0.3, 0.4) is 0 Å². The topological polar surface area (TPSA) is 58.6 Å². The minimum atomic E-state index is -4.60. The minimum absolute atomic E-state index is 0.00407. The molecule has 4 nitrogen and oxygen atoms in total. The van der Waals surface area contributed by atoms with E-state index in [9.17, 15) is 22.4 Å². The van der Waals surface area contributed by atoms with Gasteiger partial charge >= 0.3 is 12.1 Å². The van der Waals surface area contributed by atoms with Crippen LogP contribution in [-0.4, -0.2) is 36.4 Å². The Labute approximate surface area is 121 Å². The molecule has 21 heavy (non-hydrogen) atoms. The van der Waals surface area contributed by atoms with E-state index in [4.69, 9.17) is 21.4 Å². The first-order valence-corrected chi connectivity index (χ1v) is 6.23. The van der Waals surface area contributed by atoms with Gasteiger partial charge in [0.25, 0.3) is 0 Å². The summed E-state index contributed by atoms with van der Waals surface area (Å²) in [5, 5.41) is 10.6. The highest BCUT2D eigenvalue weighted by molar-refractivity contribution is 6.33. The highest BCUT2D eigenvalue weighted by atomic mass is 35.5. The van der Waals surface area contributed by atoms with Crippen molar-refractivity contribution in [2.45, 2.75) is 18.3 Å². The van der Waals surface area contributed by atoms with Crippen LogP contribution in [0.4, 0.5) is 17.6 Å². The Kier molecular flexibility index (Phi) is 4.40. The molecule has 116 valence electrons. The molecule has 1 fully saturated rings. The molecule has 2 unspecified atom stereocenters. The first-order chi connectivity index (χ1) is 9.71. The number of morpholine rings is 1. The maximum absolute atomic E-state index is 13.7. The van der Waals surface area contributed by atoms with Gasteiger partial charge in [-0.05, 0) is 17.7 Å². The molecule has 0 bridgehead atoms. The molecule has 0 radical (unpaired) electrons. The van der Waals surface area contributed by atoms with Crippen LogP contribution in [0.15, 0.2) is 12.1 Å². The normalized spacial score (nSPS) is 23.1. The van der Waals surface area contributed by atoms with Crippen LogP contribution in [0.5, 0.6) is 0 Å². The second kappa shape index (κ2) is 5.78. The van der Waals surface area contributed by atoms with Crippen LogP contribution in [0.1, 0.15) is 22.0 Å². The zero-order valence-corrected chi connectivity index (χ0v) is 11.1. The van der Waals surface area contributed by atoms with Crippen LogP contribution >= 0.6 is 11.6 Å². The molecule has 1 aliphatic rings. The molecule has 2 rings (SSSR count). The van der Waals surface area contributed by atoms with E-state index in [1.807, 2.05) is 0 Å². The second-order valence-electron chi connectivity index (χ2n) is 4.43. The van der Waals surface area contributed by atoms with Gasteiger partial charge in [0, 0.05) is 6.54 Å². The maximum Gasteiger partial charge on any atom is 0.406 e. The molecule has 0 aliphatic carbocycles. The number of carbonyl (C=O) groups is 1. The number of halogens is 5. The molecule has 2 atom stereocenters. The van der Waals surface area contributed by atoms with Crippen molar-refractivity contribution in [3.63, 3.8) is 0 Å². The zero-order chi connectivity index (χ0) is 15.8. The Morgan fingerprint density at radius 2 is 2.10 bits per heavy atom. The predicted octanol–water partition coefficient (Wildman–Crippen LogP) is 2.77. The number of hydrogen-bond donors (Lipinski definition) is 2. The first kappa shape index (κ1) is 16.0. The molecule has 0 saturated carbocycles. The fourth-order valence-electron chi connectivity index (χ4n) is 2.14. The fraction of sp³-hybridized carbons (Fsp3) is 0.417. The SMILES string of the molecule is O=C(O)c1c(F)cc(C2OCCNC2C(F)(F)F)cc1Cl. The summed E-state index contributed by atoms with van der Waals surface area (Å²) in [7, 11) is 0. The highest BCUT2D eigenvalue weighted by Crippen LogP contribution is 2.36. The van der Waals surface area contributed by atoms with E-state index in [2.05, 4.69) is 5.32 Å². The average molecular weight is 328 g/mol. The third-order valence-electron chi connectivity index (χ3n) is 3.03. The van der Waals surface area contributed by atoms with Crippen LogP contribution in [-0.2, 0) is 4.74 Å². The lowest BCUT2D eigenvalue weighted by Crippen LogP contribution is -2.52. The highest BCUT2D eigenvalue weighted by Gasteiger charge is 2.47. The summed E-state index contributed by atoms with van der Waals surface area (Å²) in [6.45, 7) is 0.0151. The van der Waals surface area contributed by atoms with Crippen molar-refractivity contribution in [2.24, 2.45) is 0 Å². The summed E-state index contributed by atoms with van der Waals surface area (Å²) in [6, 6.07) is -0.339. The van der Waals surface area contributed by atoms with Crippen molar-refractivity contribution in [2.75, 3.05) is 13.2 Å². The van der Waals surface area contributed by atoms with E-state index in [1.54, 1.807) is 0 Å². The standard InChI is InChI=1S/C12H10ClF4NO3/c13-6-3-5(4-7(14)8(6)11(19)20)9-10(12(15,16)17)18-1-2-21-9/h3-4,9-10,18H,1-2H2,(H,19,20). The Hall–Kier alpha value is -1.38. The van der Waals surface area contributed by atoms with Gasteiger partial charge in [-0.2, -0.15) is 13.2 Å². The third-order valence-corrected chi connectivity index (χ3v) is 3.32. The molecule has 0 aromatic heterocycles. The first-order valence-electron chi connectivity index (χ1n) is 5.85. The number of nitrogens with one attached hydrogen (secondary N) is 1. The van der Waals surface area contributed by atoms with E-state index in [0.717, 1.165) is 6.07 Å². The quantitative estimate of drug-likeness (QED) is 0.820. The molecule has 1 aromatic rings. The van der Waals surface area contributed by atoms with E-state index < -0.39 is 40.7 Å². The Balaban J connectivity index is 2.43. The van der Waals surface area contributed by atoms with Crippen LogP contribution < -0.4 is 5.32 Å². The van der Waals surface area contributed by atoms with Crippen molar-refractivity contribution in [1.29, 1.82) is 0 Å². The maximum atomic E-state index is 13.7. The molecule has 0 amide bonds. The lowest BCUT2D eigenvalue weighted by atomic mass is 9.98. The van der Waals surface area contributed by atoms with E-state index in [1.165, 1.54) is 0 Å². The van der Waals surface area contributed by atoms with Crippen molar-refractivity contribution >= 4 is 17.6 Å². The number of rotatable bonds is 2. The number of alkyl halides is 3. The predicted molar refractivity (Wildman–Crippen MR) is 64.9 cm³/mol. The number of benzene rings is 1. The zero-order valence-electron chi connectivity index (χ0n) is 10.4. The molecule has 1 aliphatic heterocycles. The summed E-state index contributed by atoms with van der Waals surface area (Å²) in [5.41, 5.74) is -0.954. The summed E-state index contributed by atoms with van der Waals surface area (Å²) in [5.74, 6) is -2.81. The van der Waals surface area contributed by atoms with Crippen LogP contribution in [0.2, 0.25) is 5.02 Å². The van der Waals surface area contributed by atoms with Crippen LogP contribution in [0, 0.1) is 5.82 Å². The second-order valence-corrected chi connectivity index (χ2v) is 4.84. The van der Waals surface area contributed by atoms with Gasteiger partial charge in [-0.25, -0.2) is 9.18 Å². The Bertz CT molecular complexity index is 541. The molecular formula is C12H10ClF4NO3. The van der Waals surface area contributed by atoms with Crippen molar-refractivity contribution < 1.29 is 32.2 Å². The molecular weight excluding hydrogens is 318 g/mol. The van der Waals surface area contributed by atoms with E-state index in [-0.39, 0.29) is 18.7 Å². The van der Waals surface area contributed by atoms with Gasteiger partial charge in [0.1, 0.15) is 23.5 Å². The molecule has 1 saturated heterocycles. The van der Waals surface area contributed by atoms with Gasteiger partial charge in [-0.3, -0.25) is 0 Å². The van der Waals surface area contributed by atoms with Gasteiger partial charge in [-0.1, -0.05) is 11.6 Å². The summed E-state index contributed by atoms with van der Waals surface area (Å²) < 4.78 is 57.5. The lowest BCUT2D eigenvalue weighted by molar-refractivity contribution is -0.197. The molecule has 2 N–H and O–H groups in total. The summed E-state index contributed by atoms with van der Waals surface area (Å²) in [4.78, 5) is 10.8. The Morgan fingerprint density at radius 1 is 1.43 bits per heavy atom. The number of aromatic carboxylic acids is 1. The number of ether oxygens (including phenoxy) is 1. The van der Waals surface area contributed by atoms with Gasteiger partial charge in [0.2, 0.25) is 0 Å². The third kappa shape index (κ3) is 3.28. The number of carboxylic acids is 1. The summed E-state index contributed by atoms with van der Waals surface area (Å²) >= 11 is 5.63. The van der Waals surface area contributed by atoms with Gasteiger partial charge in [-0.15, -0.1) is 0 Å². The number of hydrogen-bond acceptors (Lipinski definition) is 3. The van der Waals surface area contributed by atoms with Gasteiger partial charge < -0.3 is 15.2 Å². The van der Waals surface area contributed by atoms with E-state index in [0.29, 0.717) is 6.07 Å². The molecule has 1 heterocycles. The van der Waals surface area contributed by atoms with Gasteiger partial charge in [0.15, 0.2) is 0 Å². The fourth-order valence-corrected chi connectivity index (χ4v) is 2.44. The van der Waals surface area contributed by atoms with Gasteiger partial charge in [0.05, 0.1) is 11.6 Å². The Morgan fingerprint density at radius 3 is 2.62 bits per heavy atom. The van der Waals surface area contributed by atoms with Crippen LogP contribution in [0.25, 0.3) is 0 Å². The molecule has 0 spiro atoms.